The number of anilines is 1. The molecule has 35 heavy (non-hydrogen) atoms. The van der Waals surface area contributed by atoms with Crippen LogP contribution in [-0.2, 0) is 41.4 Å². The zero-order chi connectivity index (χ0) is 25.1. The van der Waals surface area contributed by atoms with Crippen LogP contribution in [-0.4, -0.2) is 42.8 Å². The van der Waals surface area contributed by atoms with Crippen molar-refractivity contribution in [2.75, 3.05) is 18.1 Å². The lowest BCUT2D eigenvalue weighted by molar-refractivity contribution is -0.305. The first-order valence-corrected chi connectivity index (χ1v) is 12.1. The molecule has 2 fully saturated rings. The second-order valence-electron chi connectivity index (χ2n) is 9.85. The van der Waals surface area contributed by atoms with E-state index < -0.39 is 11.4 Å². The molecule has 1 amide bonds. The predicted octanol–water partition coefficient (Wildman–Crippen LogP) is 4.31. The smallest absolute Gasteiger partial charge is 0.303 e. The molecule has 0 aliphatic carbocycles. The Labute approximate surface area is 206 Å². The highest BCUT2D eigenvalue weighted by atomic mass is 16.7. The molecular weight excluding hydrogens is 446 g/mol. The van der Waals surface area contributed by atoms with E-state index in [-0.39, 0.29) is 17.9 Å². The zero-order valence-electron chi connectivity index (χ0n) is 20.6. The van der Waals surface area contributed by atoms with Gasteiger partial charge in [0, 0.05) is 19.0 Å². The SMILES string of the molecule is CC(=O)OC1(CCc2ccc(C3CC(=O)N3c3ccc(CCC=O)cc3)cc2)COC(C)(C)OC1. The minimum Gasteiger partial charge on any atom is -0.454 e. The van der Waals surface area contributed by atoms with E-state index in [1.165, 1.54) is 6.92 Å². The molecule has 1 unspecified atom stereocenters. The minimum atomic E-state index is -0.797. The number of hydrogen-bond donors (Lipinski definition) is 0. The number of ether oxygens (including phenoxy) is 3. The Morgan fingerprint density at radius 2 is 1.63 bits per heavy atom. The molecule has 0 N–H and O–H groups in total. The standard InChI is InChI=1S/C28H33NO6/c1-20(31)35-28(18-33-27(2,3)34-19-28)15-14-22-6-10-23(11-7-22)25-17-26(32)29(25)24-12-8-21(9-13-24)5-4-16-30/h6-13,16,25H,4-5,14-15,17-19H2,1-3H3. The van der Waals surface area contributed by atoms with Crippen LogP contribution in [0.15, 0.2) is 48.5 Å². The number of rotatable bonds is 9. The van der Waals surface area contributed by atoms with Crippen molar-refractivity contribution in [2.24, 2.45) is 0 Å². The Kier molecular flexibility index (Phi) is 7.38. The van der Waals surface area contributed by atoms with Crippen LogP contribution < -0.4 is 4.90 Å². The van der Waals surface area contributed by atoms with Gasteiger partial charge in [-0.15, -0.1) is 0 Å². The maximum absolute atomic E-state index is 12.4. The van der Waals surface area contributed by atoms with Gasteiger partial charge < -0.3 is 23.9 Å². The number of aryl methyl sites for hydroxylation is 2. The predicted molar refractivity (Wildman–Crippen MR) is 131 cm³/mol. The van der Waals surface area contributed by atoms with Crippen molar-refractivity contribution >= 4 is 23.9 Å². The van der Waals surface area contributed by atoms with Gasteiger partial charge in [0.1, 0.15) is 6.29 Å². The molecule has 7 nitrogen and oxygen atoms in total. The molecular formula is C28H33NO6. The average molecular weight is 480 g/mol. The quantitative estimate of drug-likeness (QED) is 0.303. The third kappa shape index (κ3) is 5.97. The summed E-state index contributed by atoms with van der Waals surface area (Å²) in [7, 11) is 0. The van der Waals surface area contributed by atoms with E-state index in [4.69, 9.17) is 14.2 Å². The lowest BCUT2D eigenvalue weighted by Gasteiger charge is -2.42. The summed E-state index contributed by atoms with van der Waals surface area (Å²) in [4.78, 5) is 36.5. The molecule has 0 spiro atoms. The fourth-order valence-electron chi connectivity index (χ4n) is 4.59. The number of nitrogens with zero attached hydrogens (tertiary/aromatic N) is 1. The number of aldehydes is 1. The van der Waals surface area contributed by atoms with Gasteiger partial charge in [0.05, 0.1) is 25.7 Å². The summed E-state index contributed by atoms with van der Waals surface area (Å²) in [5, 5.41) is 0. The summed E-state index contributed by atoms with van der Waals surface area (Å²) in [6.07, 6.45) is 3.89. The Balaban J connectivity index is 1.39. The van der Waals surface area contributed by atoms with Crippen molar-refractivity contribution in [3.63, 3.8) is 0 Å². The Morgan fingerprint density at radius 3 is 2.20 bits per heavy atom. The van der Waals surface area contributed by atoms with Crippen molar-refractivity contribution < 1.29 is 28.6 Å². The summed E-state index contributed by atoms with van der Waals surface area (Å²) in [5.41, 5.74) is 3.35. The van der Waals surface area contributed by atoms with Crippen molar-refractivity contribution in [3.05, 3.63) is 65.2 Å². The van der Waals surface area contributed by atoms with Crippen LogP contribution in [0.3, 0.4) is 0 Å². The monoisotopic (exact) mass is 479 g/mol. The van der Waals surface area contributed by atoms with E-state index in [1.54, 1.807) is 0 Å². The summed E-state index contributed by atoms with van der Waals surface area (Å²) in [6.45, 7) is 5.69. The van der Waals surface area contributed by atoms with Gasteiger partial charge in [-0.3, -0.25) is 9.59 Å². The molecule has 0 radical (unpaired) electrons. The molecule has 1 atom stereocenters. The summed E-state index contributed by atoms with van der Waals surface area (Å²) >= 11 is 0. The average Bonchev–Trinajstić information content (AvgIpc) is 2.83. The number of carbonyl (C=O) groups is 3. The summed E-state index contributed by atoms with van der Waals surface area (Å²) < 4.78 is 17.2. The number of benzene rings is 2. The molecule has 0 bridgehead atoms. The second kappa shape index (κ2) is 10.3. The molecule has 0 saturated carbocycles. The molecule has 4 rings (SSSR count). The molecule has 2 aromatic carbocycles. The maximum atomic E-state index is 12.4. The first-order valence-electron chi connectivity index (χ1n) is 12.1. The lowest BCUT2D eigenvalue weighted by atomic mass is 9.90. The first kappa shape index (κ1) is 25.1. The van der Waals surface area contributed by atoms with E-state index in [0.29, 0.717) is 45.3 Å². The van der Waals surface area contributed by atoms with Crippen LogP contribution in [0.1, 0.15) is 62.8 Å². The van der Waals surface area contributed by atoms with Gasteiger partial charge in [-0.05, 0) is 61.9 Å². The molecule has 2 saturated heterocycles. The van der Waals surface area contributed by atoms with Crippen molar-refractivity contribution in [1.82, 2.24) is 0 Å². The van der Waals surface area contributed by atoms with Gasteiger partial charge in [0.15, 0.2) is 11.4 Å². The van der Waals surface area contributed by atoms with Crippen molar-refractivity contribution in [1.29, 1.82) is 0 Å². The molecule has 7 heteroatoms. The van der Waals surface area contributed by atoms with Gasteiger partial charge in [-0.2, -0.15) is 0 Å². The van der Waals surface area contributed by atoms with Gasteiger partial charge >= 0.3 is 5.97 Å². The van der Waals surface area contributed by atoms with Crippen LogP contribution in [0.4, 0.5) is 5.69 Å². The normalized spacial score (nSPS) is 20.7. The van der Waals surface area contributed by atoms with Gasteiger partial charge in [-0.25, -0.2) is 0 Å². The van der Waals surface area contributed by atoms with Crippen LogP contribution in [0.5, 0.6) is 0 Å². The highest BCUT2D eigenvalue weighted by Gasteiger charge is 2.42. The molecule has 2 heterocycles. The summed E-state index contributed by atoms with van der Waals surface area (Å²) in [5.74, 6) is -0.935. The molecule has 2 aromatic rings. The third-order valence-corrected chi connectivity index (χ3v) is 6.67. The van der Waals surface area contributed by atoms with Crippen LogP contribution in [0, 0.1) is 0 Å². The number of esters is 1. The van der Waals surface area contributed by atoms with Gasteiger partial charge in [-0.1, -0.05) is 36.4 Å². The Hall–Kier alpha value is -3.03. The van der Waals surface area contributed by atoms with Crippen LogP contribution in [0.25, 0.3) is 0 Å². The fraction of sp³-hybridized carbons (Fsp3) is 0.464. The van der Waals surface area contributed by atoms with Gasteiger partial charge in [0.2, 0.25) is 5.91 Å². The third-order valence-electron chi connectivity index (χ3n) is 6.67. The van der Waals surface area contributed by atoms with E-state index in [2.05, 4.69) is 24.3 Å². The number of amides is 1. The number of hydrogen-bond acceptors (Lipinski definition) is 6. The molecule has 186 valence electrons. The largest absolute Gasteiger partial charge is 0.454 e. The van der Waals surface area contributed by atoms with Gasteiger partial charge in [0.25, 0.3) is 0 Å². The second-order valence-corrected chi connectivity index (χ2v) is 9.85. The Bertz CT molecular complexity index is 1050. The van der Waals surface area contributed by atoms with Crippen LogP contribution in [0.2, 0.25) is 0 Å². The topological polar surface area (TPSA) is 82.1 Å². The van der Waals surface area contributed by atoms with Crippen molar-refractivity contribution in [3.8, 4) is 0 Å². The van der Waals surface area contributed by atoms with Crippen molar-refractivity contribution in [2.45, 2.75) is 70.3 Å². The number of carbonyl (C=O) groups excluding carboxylic acids is 3. The minimum absolute atomic E-state index is 0.00661. The van der Waals surface area contributed by atoms with E-state index >= 15 is 0 Å². The molecule has 2 aliphatic rings. The van der Waals surface area contributed by atoms with E-state index in [1.807, 2.05) is 43.0 Å². The van der Waals surface area contributed by atoms with E-state index in [9.17, 15) is 14.4 Å². The first-order chi connectivity index (χ1) is 16.7. The summed E-state index contributed by atoms with van der Waals surface area (Å²) in [6, 6.07) is 16.1. The highest BCUT2D eigenvalue weighted by Crippen LogP contribution is 2.39. The number of β-lactam (4-membered cyclic amide) rings is 1. The molecule has 2 aliphatic heterocycles. The maximum Gasteiger partial charge on any atom is 0.303 e. The lowest BCUT2D eigenvalue weighted by Crippen LogP contribution is -2.53. The Morgan fingerprint density at radius 1 is 1.03 bits per heavy atom. The van der Waals surface area contributed by atoms with Crippen LogP contribution >= 0.6 is 0 Å². The zero-order valence-corrected chi connectivity index (χ0v) is 20.6. The highest BCUT2D eigenvalue weighted by molar-refractivity contribution is 6.01. The van der Waals surface area contributed by atoms with E-state index in [0.717, 1.165) is 28.7 Å². The molecule has 0 aromatic heterocycles. The fourth-order valence-corrected chi connectivity index (χ4v) is 4.59.